The van der Waals surface area contributed by atoms with Gasteiger partial charge in [-0.05, 0) is 57.2 Å². The third-order valence-electron chi connectivity index (χ3n) is 5.30. The number of nitrogens with zero attached hydrogens (tertiary/aromatic N) is 1. The second-order valence-electron chi connectivity index (χ2n) is 6.45. The average molecular weight is 252 g/mol. The lowest BCUT2D eigenvalue weighted by molar-refractivity contribution is 0.0736. The first kappa shape index (κ1) is 14.3. The van der Waals surface area contributed by atoms with E-state index in [0.717, 1.165) is 24.4 Å². The van der Waals surface area contributed by atoms with Crippen LogP contribution >= 0.6 is 0 Å². The Hall–Kier alpha value is -0.0800. The van der Waals surface area contributed by atoms with Gasteiger partial charge < -0.3 is 10.6 Å². The summed E-state index contributed by atoms with van der Waals surface area (Å²) < 4.78 is 0. The Morgan fingerprint density at radius 2 is 1.67 bits per heavy atom. The Balaban J connectivity index is 1.96. The van der Waals surface area contributed by atoms with Gasteiger partial charge in [0.15, 0.2) is 0 Å². The Bertz CT molecular complexity index is 221. The Kier molecular flexibility index (Phi) is 5.97. The van der Waals surface area contributed by atoms with E-state index in [0.29, 0.717) is 0 Å². The minimum Gasteiger partial charge on any atom is -0.330 e. The van der Waals surface area contributed by atoms with Gasteiger partial charge in [-0.2, -0.15) is 0 Å². The largest absolute Gasteiger partial charge is 0.330 e. The van der Waals surface area contributed by atoms with Gasteiger partial charge in [0.2, 0.25) is 0 Å². The van der Waals surface area contributed by atoms with E-state index in [-0.39, 0.29) is 0 Å². The monoisotopic (exact) mass is 252 g/mol. The molecule has 0 radical (unpaired) electrons. The van der Waals surface area contributed by atoms with Crippen molar-refractivity contribution in [1.82, 2.24) is 4.90 Å². The summed E-state index contributed by atoms with van der Waals surface area (Å²) in [6.45, 7) is 5.92. The molecule has 3 atom stereocenters. The predicted molar refractivity (Wildman–Crippen MR) is 78.6 cm³/mol. The number of rotatable bonds is 3. The molecule has 0 aromatic carbocycles. The molecule has 0 amide bonds. The molecule has 1 aliphatic heterocycles. The Labute approximate surface area is 113 Å². The molecule has 2 rings (SSSR count). The lowest BCUT2D eigenvalue weighted by atomic mass is 9.76. The SMILES string of the molecule is CCC1CCC(CN)C(N2CCCCCCC2)C1. The van der Waals surface area contributed by atoms with Gasteiger partial charge >= 0.3 is 0 Å². The van der Waals surface area contributed by atoms with Crippen LogP contribution in [0.15, 0.2) is 0 Å². The van der Waals surface area contributed by atoms with Crippen LogP contribution in [0.1, 0.15) is 64.7 Å². The first-order valence-electron chi connectivity index (χ1n) is 8.29. The Morgan fingerprint density at radius 1 is 1.00 bits per heavy atom. The van der Waals surface area contributed by atoms with Crippen LogP contribution in [-0.2, 0) is 0 Å². The van der Waals surface area contributed by atoms with Crippen molar-refractivity contribution in [3.63, 3.8) is 0 Å². The van der Waals surface area contributed by atoms with E-state index < -0.39 is 0 Å². The summed E-state index contributed by atoms with van der Waals surface area (Å²) in [5, 5.41) is 0. The fourth-order valence-electron chi connectivity index (χ4n) is 3.99. The topological polar surface area (TPSA) is 29.3 Å². The van der Waals surface area contributed by atoms with E-state index in [1.54, 1.807) is 0 Å². The summed E-state index contributed by atoms with van der Waals surface area (Å²) in [6.07, 6.45) is 12.7. The summed E-state index contributed by atoms with van der Waals surface area (Å²) in [6, 6.07) is 0.798. The standard InChI is InChI=1S/C16H32N2/c1-2-14-8-9-15(13-17)16(12-14)18-10-6-4-3-5-7-11-18/h14-16H,2-13,17H2,1H3. The highest BCUT2D eigenvalue weighted by atomic mass is 15.2. The summed E-state index contributed by atoms with van der Waals surface area (Å²) in [4.78, 5) is 2.80. The summed E-state index contributed by atoms with van der Waals surface area (Å²) in [5.41, 5.74) is 6.03. The van der Waals surface area contributed by atoms with Crippen LogP contribution in [0, 0.1) is 11.8 Å². The number of likely N-dealkylation sites (tertiary alicyclic amines) is 1. The molecule has 1 heterocycles. The van der Waals surface area contributed by atoms with Crippen LogP contribution in [0.5, 0.6) is 0 Å². The van der Waals surface area contributed by atoms with Crippen molar-refractivity contribution in [3.8, 4) is 0 Å². The zero-order valence-electron chi connectivity index (χ0n) is 12.2. The van der Waals surface area contributed by atoms with Gasteiger partial charge in [0, 0.05) is 6.04 Å². The van der Waals surface area contributed by atoms with Crippen molar-refractivity contribution in [2.75, 3.05) is 19.6 Å². The molecule has 1 aliphatic carbocycles. The molecule has 2 heteroatoms. The Morgan fingerprint density at radius 3 is 2.28 bits per heavy atom. The molecule has 106 valence electrons. The molecular weight excluding hydrogens is 220 g/mol. The molecule has 2 aliphatic rings. The fourth-order valence-corrected chi connectivity index (χ4v) is 3.99. The molecule has 1 saturated carbocycles. The van der Waals surface area contributed by atoms with E-state index in [1.165, 1.54) is 70.9 Å². The van der Waals surface area contributed by atoms with Crippen LogP contribution in [0.4, 0.5) is 0 Å². The van der Waals surface area contributed by atoms with E-state index in [4.69, 9.17) is 5.73 Å². The van der Waals surface area contributed by atoms with Crippen LogP contribution < -0.4 is 5.73 Å². The van der Waals surface area contributed by atoms with Crippen molar-refractivity contribution in [2.45, 2.75) is 70.8 Å². The van der Waals surface area contributed by atoms with Gasteiger partial charge in [-0.1, -0.05) is 39.0 Å². The molecule has 18 heavy (non-hydrogen) atoms. The molecular formula is C16H32N2. The molecule has 2 fully saturated rings. The maximum absolute atomic E-state index is 6.03. The normalized spacial score (nSPS) is 36.0. The van der Waals surface area contributed by atoms with Crippen LogP contribution in [0.25, 0.3) is 0 Å². The van der Waals surface area contributed by atoms with Crippen molar-refractivity contribution in [2.24, 2.45) is 17.6 Å². The second-order valence-corrected chi connectivity index (χ2v) is 6.45. The van der Waals surface area contributed by atoms with E-state index in [1.807, 2.05) is 0 Å². The van der Waals surface area contributed by atoms with E-state index in [2.05, 4.69) is 11.8 Å². The highest BCUT2D eigenvalue weighted by Crippen LogP contribution is 2.34. The first-order chi connectivity index (χ1) is 8.85. The third kappa shape index (κ3) is 3.71. The number of hydrogen-bond acceptors (Lipinski definition) is 2. The predicted octanol–water partition coefficient (Wildman–Crippen LogP) is 3.41. The molecule has 0 aromatic rings. The first-order valence-corrected chi connectivity index (χ1v) is 8.29. The van der Waals surface area contributed by atoms with Crippen molar-refractivity contribution < 1.29 is 0 Å². The molecule has 1 saturated heterocycles. The molecule has 0 aromatic heterocycles. The van der Waals surface area contributed by atoms with Gasteiger partial charge in [-0.25, -0.2) is 0 Å². The van der Waals surface area contributed by atoms with Crippen LogP contribution in [0.2, 0.25) is 0 Å². The van der Waals surface area contributed by atoms with Gasteiger partial charge in [-0.15, -0.1) is 0 Å². The van der Waals surface area contributed by atoms with Crippen LogP contribution in [0.3, 0.4) is 0 Å². The minimum absolute atomic E-state index is 0.771. The minimum atomic E-state index is 0.771. The van der Waals surface area contributed by atoms with Crippen LogP contribution in [-0.4, -0.2) is 30.6 Å². The highest BCUT2D eigenvalue weighted by Gasteiger charge is 2.32. The lowest BCUT2D eigenvalue weighted by Gasteiger charge is -2.43. The van der Waals surface area contributed by atoms with Gasteiger partial charge in [0.1, 0.15) is 0 Å². The molecule has 3 unspecified atom stereocenters. The zero-order chi connectivity index (χ0) is 12.8. The molecule has 0 bridgehead atoms. The van der Waals surface area contributed by atoms with Crippen molar-refractivity contribution in [3.05, 3.63) is 0 Å². The zero-order valence-corrected chi connectivity index (χ0v) is 12.2. The molecule has 2 N–H and O–H groups in total. The third-order valence-corrected chi connectivity index (χ3v) is 5.30. The maximum atomic E-state index is 6.03. The van der Waals surface area contributed by atoms with Crippen molar-refractivity contribution >= 4 is 0 Å². The quantitative estimate of drug-likeness (QED) is 0.834. The lowest BCUT2D eigenvalue weighted by Crippen LogP contribution is -2.47. The maximum Gasteiger partial charge on any atom is 0.0138 e. The summed E-state index contributed by atoms with van der Waals surface area (Å²) in [5.74, 6) is 1.73. The molecule has 0 spiro atoms. The highest BCUT2D eigenvalue weighted by molar-refractivity contribution is 4.87. The number of nitrogens with two attached hydrogens (primary N) is 1. The summed E-state index contributed by atoms with van der Waals surface area (Å²) in [7, 11) is 0. The van der Waals surface area contributed by atoms with Gasteiger partial charge in [-0.3, -0.25) is 0 Å². The van der Waals surface area contributed by atoms with Crippen molar-refractivity contribution in [1.29, 1.82) is 0 Å². The van der Waals surface area contributed by atoms with E-state index in [9.17, 15) is 0 Å². The fraction of sp³-hybridized carbons (Fsp3) is 1.00. The molecule has 2 nitrogen and oxygen atoms in total. The summed E-state index contributed by atoms with van der Waals surface area (Å²) >= 11 is 0. The van der Waals surface area contributed by atoms with E-state index >= 15 is 0 Å². The van der Waals surface area contributed by atoms with Gasteiger partial charge in [0.05, 0.1) is 0 Å². The second kappa shape index (κ2) is 7.49. The number of hydrogen-bond donors (Lipinski definition) is 1. The average Bonchev–Trinajstić information content (AvgIpc) is 2.38. The van der Waals surface area contributed by atoms with Gasteiger partial charge in [0.25, 0.3) is 0 Å². The smallest absolute Gasteiger partial charge is 0.0138 e.